The van der Waals surface area contributed by atoms with Crippen molar-refractivity contribution in [1.82, 2.24) is 9.88 Å². The monoisotopic (exact) mass is 239 g/mol. The van der Waals surface area contributed by atoms with Crippen LogP contribution in [0.5, 0.6) is 0 Å². The van der Waals surface area contributed by atoms with E-state index < -0.39 is 0 Å². The highest BCUT2D eigenvalue weighted by molar-refractivity contribution is 7.11. The summed E-state index contributed by atoms with van der Waals surface area (Å²) in [5.41, 5.74) is 7.03. The van der Waals surface area contributed by atoms with Crippen LogP contribution in [0.25, 0.3) is 0 Å². The minimum atomic E-state index is 0.579. The Morgan fingerprint density at radius 2 is 2.25 bits per heavy atom. The van der Waals surface area contributed by atoms with E-state index in [-0.39, 0.29) is 0 Å². The second-order valence-electron chi connectivity index (χ2n) is 4.60. The van der Waals surface area contributed by atoms with E-state index in [9.17, 15) is 0 Å². The van der Waals surface area contributed by atoms with Gasteiger partial charge in [0, 0.05) is 24.0 Å². The molecule has 0 aliphatic carbocycles. The van der Waals surface area contributed by atoms with E-state index in [2.05, 4.69) is 23.7 Å². The molecule has 2 heterocycles. The molecule has 1 atom stereocenters. The van der Waals surface area contributed by atoms with Gasteiger partial charge in [-0.2, -0.15) is 0 Å². The molecule has 0 radical (unpaired) electrons. The maximum absolute atomic E-state index is 5.84. The van der Waals surface area contributed by atoms with Gasteiger partial charge in [0.25, 0.3) is 0 Å². The van der Waals surface area contributed by atoms with Gasteiger partial charge in [-0.15, -0.1) is 11.3 Å². The smallest absolute Gasteiger partial charge is 0.0900 e. The first-order valence-electron chi connectivity index (χ1n) is 6.07. The molecular weight excluding hydrogens is 218 g/mol. The summed E-state index contributed by atoms with van der Waals surface area (Å²) in [6, 6.07) is 0.579. The summed E-state index contributed by atoms with van der Waals surface area (Å²) in [4.78, 5) is 8.43. The molecule has 90 valence electrons. The van der Waals surface area contributed by atoms with Gasteiger partial charge in [0.1, 0.15) is 0 Å². The lowest BCUT2D eigenvalue weighted by molar-refractivity contribution is 0.146. The van der Waals surface area contributed by atoms with Crippen molar-refractivity contribution in [3.8, 4) is 0 Å². The number of rotatable bonds is 3. The summed E-state index contributed by atoms with van der Waals surface area (Å²) < 4.78 is 0. The fourth-order valence-electron chi connectivity index (χ4n) is 2.44. The Morgan fingerprint density at radius 3 is 2.88 bits per heavy atom. The van der Waals surface area contributed by atoms with Crippen LogP contribution in [0.1, 0.15) is 34.8 Å². The lowest BCUT2D eigenvalue weighted by Crippen LogP contribution is -2.43. The standard InChI is InChI=1S/C12H21N3S/c1-9-12(16-10(2)14-9)8-15-6-4-3-5-11(15)7-13/h11H,3-8,13H2,1-2H3. The van der Waals surface area contributed by atoms with E-state index >= 15 is 0 Å². The third-order valence-corrected chi connectivity index (χ3v) is 4.43. The number of likely N-dealkylation sites (tertiary alicyclic amines) is 1. The first-order valence-corrected chi connectivity index (χ1v) is 6.89. The summed E-state index contributed by atoms with van der Waals surface area (Å²) in [6.45, 7) is 7.21. The third kappa shape index (κ3) is 2.62. The molecule has 4 heteroatoms. The zero-order valence-electron chi connectivity index (χ0n) is 10.2. The van der Waals surface area contributed by atoms with Crippen molar-refractivity contribution < 1.29 is 0 Å². The summed E-state index contributed by atoms with van der Waals surface area (Å²) in [7, 11) is 0. The number of thiazole rings is 1. The molecule has 0 aromatic carbocycles. The van der Waals surface area contributed by atoms with Crippen molar-refractivity contribution in [2.24, 2.45) is 5.73 Å². The fraction of sp³-hybridized carbons (Fsp3) is 0.750. The van der Waals surface area contributed by atoms with Gasteiger partial charge in [0.2, 0.25) is 0 Å². The van der Waals surface area contributed by atoms with E-state index in [4.69, 9.17) is 5.73 Å². The number of nitrogens with two attached hydrogens (primary N) is 1. The number of nitrogens with zero attached hydrogens (tertiary/aromatic N) is 2. The average molecular weight is 239 g/mol. The van der Waals surface area contributed by atoms with Crippen molar-refractivity contribution in [1.29, 1.82) is 0 Å². The van der Waals surface area contributed by atoms with Crippen LogP contribution < -0.4 is 5.73 Å². The second-order valence-corrected chi connectivity index (χ2v) is 5.88. The van der Waals surface area contributed by atoms with Crippen LogP contribution in [0.4, 0.5) is 0 Å². The first kappa shape index (κ1) is 12.0. The Kier molecular flexibility index (Phi) is 3.95. The normalized spacial score (nSPS) is 22.6. The summed E-state index contributed by atoms with van der Waals surface area (Å²) >= 11 is 1.83. The molecule has 16 heavy (non-hydrogen) atoms. The highest BCUT2D eigenvalue weighted by Gasteiger charge is 2.22. The quantitative estimate of drug-likeness (QED) is 0.878. The second kappa shape index (κ2) is 5.25. The number of piperidine rings is 1. The maximum atomic E-state index is 5.84. The number of aromatic nitrogens is 1. The molecule has 0 amide bonds. The molecule has 1 aliphatic heterocycles. The predicted octanol–water partition coefficient (Wildman–Crippen LogP) is 2.07. The van der Waals surface area contributed by atoms with Crippen LogP contribution in [-0.4, -0.2) is 29.0 Å². The van der Waals surface area contributed by atoms with E-state index in [1.165, 1.54) is 41.4 Å². The Bertz CT molecular complexity index is 348. The molecule has 1 saturated heterocycles. The van der Waals surface area contributed by atoms with Gasteiger partial charge in [-0.1, -0.05) is 6.42 Å². The average Bonchev–Trinajstić information content (AvgIpc) is 2.58. The van der Waals surface area contributed by atoms with Crippen LogP contribution in [0.15, 0.2) is 0 Å². The van der Waals surface area contributed by atoms with Crippen molar-refractivity contribution in [3.05, 3.63) is 15.6 Å². The molecule has 1 aromatic heterocycles. The van der Waals surface area contributed by atoms with Crippen LogP contribution in [0, 0.1) is 13.8 Å². The van der Waals surface area contributed by atoms with Crippen molar-refractivity contribution in [3.63, 3.8) is 0 Å². The topological polar surface area (TPSA) is 42.2 Å². The Morgan fingerprint density at radius 1 is 1.44 bits per heavy atom. The molecule has 3 nitrogen and oxygen atoms in total. The molecule has 0 spiro atoms. The fourth-order valence-corrected chi connectivity index (χ4v) is 3.40. The van der Waals surface area contributed by atoms with Gasteiger partial charge < -0.3 is 5.73 Å². The van der Waals surface area contributed by atoms with E-state index in [1.807, 2.05) is 11.3 Å². The van der Waals surface area contributed by atoms with Crippen molar-refractivity contribution >= 4 is 11.3 Å². The van der Waals surface area contributed by atoms with Crippen molar-refractivity contribution in [2.45, 2.75) is 45.7 Å². The van der Waals surface area contributed by atoms with E-state index in [1.54, 1.807) is 0 Å². The van der Waals surface area contributed by atoms with Crippen LogP contribution in [0.3, 0.4) is 0 Å². The Hall–Kier alpha value is -0.450. The number of aryl methyl sites for hydroxylation is 2. The molecule has 1 unspecified atom stereocenters. The molecule has 0 bridgehead atoms. The molecule has 0 saturated carbocycles. The van der Waals surface area contributed by atoms with Gasteiger partial charge in [0.15, 0.2) is 0 Å². The van der Waals surface area contributed by atoms with Gasteiger partial charge in [-0.3, -0.25) is 4.90 Å². The van der Waals surface area contributed by atoms with Gasteiger partial charge >= 0.3 is 0 Å². The van der Waals surface area contributed by atoms with E-state index in [0.717, 1.165) is 13.1 Å². The van der Waals surface area contributed by atoms with Gasteiger partial charge in [0.05, 0.1) is 10.7 Å². The minimum absolute atomic E-state index is 0.579. The molecule has 1 fully saturated rings. The van der Waals surface area contributed by atoms with Gasteiger partial charge in [-0.05, 0) is 33.2 Å². The van der Waals surface area contributed by atoms with Crippen molar-refractivity contribution in [2.75, 3.05) is 13.1 Å². The number of hydrogen-bond donors (Lipinski definition) is 1. The lowest BCUT2D eigenvalue weighted by atomic mass is 10.0. The largest absolute Gasteiger partial charge is 0.329 e. The Labute approximate surface area is 102 Å². The molecule has 2 N–H and O–H groups in total. The van der Waals surface area contributed by atoms with Gasteiger partial charge in [-0.25, -0.2) is 4.98 Å². The number of hydrogen-bond acceptors (Lipinski definition) is 4. The Balaban J connectivity index is 2.04. The first-order chi connectivity index (χ1) is 7.70. The zero-order chi connectivity index (χ0) is 11.5. The van der Waals surface area contributed by atoms with Crippen LogP contribution in [0.2, 0.25) is 0 Å². The minimum Gasteiger partial charge on any atom is -0.329 e. The third-order valence-electron chi connectivity index (χ3n) is 3.37. The zero-order valence-corrected chi connectivity index (χ0v) is 11.0. The molecule has 2 rings (SSSR count). The van der Waals surface area contributed by atoms with E-state index in [0.29, 0.717) is 6.04 Å². The van der Waals surface area contributed by atoms with Crippen LogP contribution >= 0.6 is 11.3 Å². The molecule has 1 aliphatic rings. The molecule has 1 aromatic rings. The lowest BCUT2D eigenvalue weighted by Gasteiger charge is -2.34. The highest BCUT2D eigenvalue weighted by Crippen LogP contribution is 2.23. The highest BCUT2D eigenvalue weighted by atomic mass is 32.1. The molecular formula is C12H21N3S. The predicted molar refractivity (Wildman–Crippen MR) is 68.7 cm³/mol. The van der Waals surface area contributed by atoms with Crippen LogP contribution in [-0.2, 0) is 6.54 Å². The summed E-state index contributed by atoms with van der Waals surface area (Å²) in [5, 5.41) is 1.17. The summed E-state index contributed by atoms with van der Waals surface area (Å²) in [6.07, 6.45) is 3.90. The maximum Gasteiger partial charge on any atom is 0.0900 e. The SMILES string of the molecule is Cc1nc(C)c(CN2CCCCC2CN)s1. The summed E-state index contributed by atoms with van der Waals surface area (Å²) in [5.74, 6) is 0.